The van der Waals surface area contributed by atoms with Crippen molar-refractivity contribution in [3.05, 3.63) is 53.0 Å². The first-order valence-electron chi connectivity index (χ1n) is 9.67. The maximum absolute atomic E-state index is 12.5. The molecular formula is C21H25N3O3S2. The third-order valence-electron chi connectivity index (χ3n) is 4.59. The van der Waals surface area contributed by atoms with E-state index in [-0.39, 0.29) is 18.4 Å². The van der Waals surface area contributed by atoms with Crippen LogP contribution in [0.2, 0.25) is 0 Å². The molecule has 2 fully saturated rings. The molecule has 2 aliphatic rings. The highest BCUT2D eigenvalue weighted by molar-refractivity contribution is 8.26. The first-order chi connectivity index (χ1) is 14.1. The molecule has 2 heterocycles. The summed E-state index contributed by atoms with van der Waals surface area (Å²) in [7, 11) is 0. The fourth-order valence-electron chi connectivity index (χ4n) is 3.02. The van der Waals surface area contributed by atoms with E-state index in [1.165, 1.54) is 16.7 Å². The average Bonchev–Trinajstić information content (AvgIpc) is 3.00. The molecule has 8 heteroatoms. The molecule has 1 aromatic carbocycles. The average molecular weight is 432 g/mol. The van der Waals surface area contributed by atoms with Crippen LogP contribution in [0.4, 0.5) is 0 Å². The van der Waals surface area contributed by atoms with Crippen molar-refractivity contribution in [2.45, 2.75) is 6.42 Å². The van der Waals surface area contributed by atoms with Gasteiger partial charge < -0.3 is 10.1 Å². The van der Waals surface area contributed by atoms with Crippen LogP contribution < -0.4 is 5.32 Å². The molecule has 29 heavy (non-hydrogen) atoms. The molecule has 1 N–H and O–H groups in total. The third kappa shape index (κ3) is 6.78. The number of hydrogen-bond donors (Lipinski definition) is 1. The number of rotatable bonds is 8. The molecule has 0 aliphatic carbocycles. The molecule has 2 saturated heterocycles. The van der Waals surface area contributed by atoms with Crippen molar-refractivity contribution in [3.8, 4) is 0 Å². The maximum Gasteiger partial charge on any atom is 0.266 e. The van der Waals surface area contributed by atoms with E-state index in [4.69, 9.17) is 17.0 Å². The topological polar surface area (TPSA) is 61.9 Å². The van der Waals surface area contributed by atoms with Gasteiger partial charge in [0.2, 0.25) is 5.91 Å². The Morgan fingerprint density at radius 3 is 2.76 bits per heavy atom. The SMILES string of the molecule is O=C(CN1C(=O)C(=CC=Cc2ccccc2)SC1=S)NCCCN1CCOCC1. The van der Waals surface area contributed by atoms with Crippen molar-refractivity contribution in [1.82, 2.24) is 15.1 Å². The van der Waals surface area contributed by atoms with Crippen LogP contribution in [-0.4, -0.2) is 71.9 Å². The van der Waals surface area contributed by atoms with E-state index in [1.807, 2.05) is 42.5 Å². The number of nitrogens with one attached hydrogen (secondary N) is 1. The number of hydrogen-bond acceptors (Lipinski definition) is 6. The van der Waals surface area contributed by atoms with Crippen LogP contribution in [0, 0.1) is 0 Å². The van der Waals surface area contributed by atoms with Gasteiger partial charge in [0.15, 0.2) is 0 Å². The summed E-state index contributed by atoms with van der Waals surface area (Å²) in [5.74, 6) is -0.412. The lowest BCUT2D eigenvalue weighted by molar-refractivity contribution is -0.128. The monoisotopic (exact) mass is 431 g/mol. The molecule has 0 aromatic heterocycles. The number of morpholine rings is 1. The molecule has 1 aromatic rings. The van der Waals surface area contributed by atoms with Crippen molar-refractivity contribution in [2.24, 2.45) is 0 Å². The van der Waals surface area contributed by atoms with Crippen molar-refractivity contribution >= 4 is 46.2 Å². The Balaban J connectivity index is 1.42. The van der Waals surface area contributed by atoms with Gasteiger partial charge in [-0.15, -0.1) is 0 Å². The highest BCUT2D eigenvalue weighted by atomic mass is 32.2. The van der Waals surface area contributed by atoms with Crippen LogP contribution in [0.1, 0.15) is 12.0 Å². The number of benzene rings is 1. The summed E-state index contributed by atoms with van der Waals surface area (Å²) in [5, 5.41) is 2.88. The van der Waals surface area contributed by atoms with Crippen LogP contribution in [0.25, 0.3) is 6.08 Å². The number of ether oxygens (including phenoxy) is 1. The van der Waals surface area contributed by atoms with E-state index in [1.54, 1.807) is 6.08 Å². The van der Waals surface area contributed by atoms with Gasteiger partial charge >= 0.3 is 0 Å². The van der Waals surface area contributed by atoms with Gasteiger partial charge in [-0.3, -0.25) is 19.4 Å². The number of thiocarbonyl (C=S) groups is 1. The highest BCUT2D eigenvalue weighted by Gasteiger charge is 2.32. The summed E-state index contributed by atoms with van der Waals surface area (Å²) in [6, 6.07) is 9.84. The van der Waals surface area contributed by atoms with Gasteiger partial charge in [-0.2, -0.15) is 0 Å². The Kier molecular flexibility index (Phi) is 8.42. The van der Waals surface area contributed by atoms with Crippen LogP contribution in [-0.2, 0) is 14.3 Å². The minimum atomic E-state index is -0.221. The molecule has 2 amide bonds. The second-order valence-electron chi connectivity index (χ2n) is 6.72. The summed E-state index contributed by atoms with van der Waals surface area (Å²) in [5.41, 5.74) is 1.05. The van der Waals surface area contributed by atoms with Gasteiger partial charge in [-0.1, -0.05) is 66.5 Å². The molecular weight excluding hydrogens is 406 g/mol. The number of allylic oxidation sites excluding steroid dienone is 2. The molecule has 2 aliphatic heterocycles. The number of thioether (sulfide) groups is 1. The Labute approximate surface area is 181 Å². The summed E-state index contributed by atoms with van der Waals surface area (Å²) in [6.07, 6.45) is 6.36. The summed E-state index contributed by atoms with van der Waals surface area (Å²) in [4.78, 5) is 29.0. The Morgan fingerprint density at radius 1 is 1.24 bits per heavy atom. The standard InChI is InChI=1S/C21H25N3O3S2/c25-19(22-10-5-11-23-12-14-27-15-13-23)16-24-20(26)18(29-21(24)28)9-4-8-17-6-2-1-3-7-17/h1-4,6-9H,5,10-16H2,(H,22,25). The molecule has 6 nitrogen and oxygen atoms in total. The predicted molar refractivity (Wildman–Crippen MR) is 120 cm³/mol. The first-order valence-corrected chi connectivity index (χ1v) is 10.9. The van der Waals surface area contributed by atoms with Crippen molar-refractivity contribution in [3.63, 3.8) is 0 Å². The predicted octanol–water partition coefficient (Wildman–Crippen LogP) is 2.28. The van der Waals surface area contributed by atoms with Crippen molar-refractivity contribution < 1.29 is 14.3 Å². The summed E-state index contributed by atoms with van der Waals surface area (Å²) >= 11 is 6.51. The van der Waals surface area contributed by atoms with Crippen LogP contribution in [0.3, 0.4) is 0 Å². The van der Waals surface area contributed by atoms with Crippen LogP contribution >= 0.6 is 24.0 Å². The van der Waals surface area contributed by atoms with Crippen LogP contribution in [0.15, 0.2) is 47.4 Å². The van der Waals surface area contributed by atoms with E-state index in [2.05, 4.69) is 10.2 Å². The number of carbonyl (C=O) groups excluding carboxylic acids is 2. The summed E-state index contributed by atoms with van der Waals surface area (Å²) in [6.45, 7) is 4.90. The van der Waals surface area contributed by atoms with Gasteiger partial charge in [-0.05, 0) is 24.6 Å². The van der Waals surface area contributed by atoms with Gasteiger partial charge in [-0.25, -0.2) is 0 Å². The van der Waals surface area contributed by atoms with E-state index in [0.717, 1.165) is 44.8 Å². The van der Waals surface area contributed by atoms with E-state index in [0.29, 0.717) is 15.8 Å². The molecule has 0 saturated carbocycles. The zero-order valence-electron chi connectivity index (χ0n) is 16.2. The zero-order chi connectivity index (χ0) is 20.5. The first kappa shape index (κ1) is 21.7. The molecule has 0 radical (unpaired) electrons. The quantitative estimate of drug-likeness (QED) is 0.387. The van der Waals surface area contributed by atoms with E-state index < -0.39 is 0 Å². The number of carbonyl (C=O) groups is 2. The van der Waals surface area contributed by atoms with Crippen LogP contribution in [0.5, 0.6) is 0 Å². The molecule has 154 valence electrons. The largest absolute Gasteiger partial charge is 0.379 e. The third-order valence-corrected chi connectivity index (χ3v) is 5.98. The normalized spacial score (nSPS) is 19.4. The lowest BCUT2D eigenvalue weighted by atomic mass is 10.2. The Morgan fingerprint density at radius 2 is 2.00 bits per heavy atom. The molecule has 0 unspecified atom stereocenters. The minimum absolute atomic E-state index is 0.0397. The van der Waals surface area contributed by atoms with Gasteiger partial charge in [0.05, 0.1) is 18.1 Å². The van der Waals surface area contributed by atoms with Gasteiger partial charge in [0.1, 0.15) is 10.9 Å². The molecule has 0 bridgehead atoms. The summed E-state index contributed by atoms with van der Waals surface area (Å²) < 4.78 is 5.74. The van der Waals surface area contributed by atoms with Gasteiger partial charge in [0, 0.05) is 19.6 Å². The fourth-order valence-corrected chi connectivity index (χ4v) is 4.22. The smallest absolute Gasteiger partial charge is 0.266 e. The second kappa shape index (κ2) is 11.3. The number of nitrogens with zero attached hydrogens (tertiary/aromatic N) is 2. The molecule has 0 spiro atoms. The fraction of sp³-hybridized carbons (Fsp3) is 0.381. The highest BCUT2D eigenvalue weighted by Crippen LogP contribution is 2.30. The molecule has 0 atom stereocenters. The van der Waals surface area contributed by atoms with Gasteiger partial charge in [0.25, 0.3) is 5.91 Å². The minimum Gasteiger partial charge on any atom is -0.379 e. The Hall–Kier alpha value is -2.00. The van der Waals surface area contributed by atoms with E-state index >= 15 is 0 Å². The molecule has 3 rings (SSSR count). The van der Waals surface area contributed by atoms with E-state index in [9.17, 15) is 9.59 Å². The maximum atomic E-state index is 12.5. The number of amides is 2. The lowest BCUT2D eigenvalue weighted by Gasteiger charge is -2.26. The Bertz CT molecular complexity index is 790. The lowest BCUT2D eigenvalue weighted by Crippen LogP contribution is -2.41. The van der Waals surface area contributed by atoms with Crippen molar-refractivity contribution in [2.75, 3.05) is 45.9 Å². The zero-order valence-corrected chi connectivity index (χ0v) is 17.8. The van der Waals surface area contributed by atoms with Crippen molar-refractivity contribution in [1.29, 1.82) is 0 Å². The second-order valence-corrected chi connectivity index (χ2v) is 8.39.